The van der Waals surface area contributed by atoms with Crippen molar-refractivity contribution in [3.63, 3.8) is 0 Å². The molecule has 0 saturated heterocycles. The van der Waals surface area contributed by atoms with E-state index in [1.165, 1.54) is 7.11 Å². The number of carboxylic acid groups (broad SMARTS) is 1. The number of aromatic nitrogens is 1. The van der Waals surface area contributed by atoms with E-state index >= 15 is 0 Å². The summed E-state index contributed by atoms with van der Waals surface area (Å²) in [5.41, 5.74) is -0.561. The zero-order chi connectivity index (χ0) is 14.6. The van der Waals surface area contributed by atoms with Gasteiger partial charge in [-0.05, 0) is 6.92 Å². The van der Waals surface area contributed by atoms with Crippen LogP contribution in [0.4, 0.5) is 11.5 Å². The molecule has 1 heterocycles. The van der Waals surface area contributed by atoms with Crippen LogP contribution >= 0.6 is 0 Å². The van der Waals surface area contributed by atoms with E-state index in [0.717, 1.165) is 12.3 Å². The molecule has 0 aromatic carbocycles. The van der Waals surface area contributed by atoms with Crippen LogP contribution in [0.3, 0.4) is 0 Å². The molecule has 1 N–H and O–H groups in total. The zero-order valence-corrected chi connectivity index (χ0v) is 10.9. The summed E-state index contributed by atoms with van der Waals surface area (Å²) < 4.78 is 4.98. The Bertz CT molecular complexity index is 491. The van der Waals surface area contributed by atoms with E-state index in [-0.39, 0.29) is 23.1 Å². The van der Waals surface area contributed by atoms with E-state index in [1.54, 1.807) is 11.9 Å². The quantitative estimate of drug-likeness (QED) is 0.610. The first-order valence-corrected chi connectivity index (χ1v) is 5.48. The summed E-state index contributed by atoms with van der Waals surface area (Å²) in [5, 5.41) is 19.8. The standard InChI is InChI=1S/C11H15N3O5/c1-7(6-19-3)13(2)10-9(14(17)18)4-8(5-12-10)11(15)16/h4-5,7H,6H2,1-3H3,(H,15,16). The van der Waals surface area contributed by atoms with Gasteiger partial charge in [-0.3, -0.25) is 10.1 Å². The molecule has 0 spiro atoms. The number of carboxylic acids is 1. The molecule has 0 radical (unpaired) electrons. The topological polar surface area (TPSA) is 106 Å². The predicted molar refractivity (Wildman–Crippen MR) is 67.6 cm³/mol. The molecule has 0 saturated carbocycles. The van der Waals surface area contributed by atoms with E-state index in [1.807, 2.05) is 6.92 Å². The van der Waals surface area contributed by atoms with Crippen LogP contribution in [0.5, 0.6) is 0 Å². The number of nitrogens with zero attached hydrogens (tertiary/aromatic N) is 3. The van der Waals surface area contributed by atoms with Crippen molar-refractivity contribution >= 4 is 17.5 Å². The fourth-order valence-electron chi connectivity index (χ4n) is 1.53. The summed E-state index contributed by atoms with van der Waals surface area (Å²) >= 11 is 0. The Kier molecular flexibility index (Phi) is 4.76. The van der Waals surface area contributed by atoms with Crippen LogP contribution in [0.2, 0.25) is 0 Å². The van der Waals surface area contributed by atoms with Crippen LogP contribution in [0.15, 0.2) is 12.3 Å². The second-order valence-electron chi connectivity index (χ2n) is 4.04. The third kappa shape index (κ3) is 3.38. The van der Waals surface area contributed by atoms with Crippen molar-refractivity contribution < 1.29 is 19.6 Å². The average molecular weight is 269 g/mol. The normalized spacial score (nSPS) is 11.9. The number of rotatable bonds is 6. The SMILES string of the molecule is COCC(C)N(C)c1ncc(C(=O)O)cc1[N+](=O)[O-]. The monoisotopic (exact) mass is 269 g/mol. The van der Waals surface area contributed by atoms with Gasteiger partial charge in [-0.15, -0.1) is 0 Å². The largest absolute Gasteiger partial charge is 0.478 e. The Balaban J connectivity index is 3.20. The molecule has 0 fully saturated rings. The summed E-state index contributed by atoms with van der Waals surface area (Å²) in [6.45, 7) is 2.19. The van der Waals surface area contributed by atoms with Gasteiger partial charge < -0.3 is 14.7 Å². The Morgan fingerprint density at radius 1 is 1.68 bits per heavy atom. The number of methoxy groups -OCH3 is 1. The smallest absolute Gasteiger partial charge is 0.337 e. The van der Waals surface area contributed by atoms with Gasteiger partial charge in [-0.25, -0.2) is 9.78 Å². The van der Waals surface area contributed by atoms with Crippen LogP contribution in [0, 0.1) is 10.1 Å². The maximum absolute atomic E-state index is 11.0. The van der Waals surface area contributed by atoms with Gasteiger partial charge in [0.1, 0.15) is 0 Å². The number of carbonyl (C=O) groups is 1. The van der Waals surface area contributed by atoms with Crippen LogP contribution in [0.1, 0.15) is 17.3 Å². The molecule has 8 nitrogen and oxygen atoms in total. The lowest BCUT2D eigenvalue weighted by molar-refractivity contribution is -0.384. The highest BCUT2D eigenvalue weighted by Gasteiger charge is 2.24. The minimum absolute atomic E-state index is 0.111. The molecule has 8 heteroatoms. The number of pyridine rings is 1. The molecule has 0 aliphatic heterocycles. The highest BCUT2D eigenvalue weighted by Crippen LogP contribution is 2.27. The van der Waals surface area contributed by atoms with E-state index in [2.05, 4.69) is 4.98 Å². The van der Waals surface area contributed by atoms with Crippen molar-refractivity contribution in [2.45, 2.75) is 13.0 Å². The van der Waals surface area contributed by atoms with Crippen LogP contribution < -0.4 is 4.90 Å². The first-order chi connectivity index (χ1) is 8.88. The van der Waals surface area contributed by atoms with Crippen LogP contribution in [0.25, 0.3) is 0 Å². The number of anilines is 1. The molecule has 0 aliphatic carbocycles. The summed E-state index contributed by atoms with van der Waals surface area (Å²) in [7, 11) is 3.17. The lowest BCUT2D eigenvalue weighted by Crippen LogP contribution is -2.33. The molecule has 104 valence electrons. The summed E-state index contributed by atoms with van der Waals surface area (Å²) in [5.74, 6) is -1.14. The summed E-state index contributed by atoms with van der Waals surface area (Å²) in [6, 6.07) is 0.868. The van der Waals surface area contributed by atoms with Gasteiger partial charge in [0.05, 0.1) is 23.1 Å². The predicted octanol–water partition coefficient (Wildman–Crippen LogP) is 1.16. The Hall–Kier alpha value is -2.22. The van der Waals surface area contributed by atoms with Crippen molar-refractivity contribution in [1.82, 2.24) is 4.98 Å². The molecule has 1 atom stereocenters. The first-order valence-electron chi connectivity index (χ1n) is 5.48. The summed E-state index contributed by atoms with van der Waals surface area (Å²) in [6.07, 6.45) is 1.10. The van der Waals surface area contributed by atoms with Crippen molar-refractivity contribution in [2.24, 2.45) is 0 Å². The molecule has 1 aromatic heterocycles. The number of aromatic carboxylic acids is 1. The molecule has 19 heavy (non-hydrogen) atoms. The number of likely N-dealkylation sites (N-methyl/N-ethyl adjacent to an activating group) is 1. The number of hydrogen-bond acceptors (Lipinski definition) is 6. The second kappa shape index (κ2) is 6.10. The Labute approximate surface area is 109 Å². The van der Waals surface area contributed by atoms with Crippen molar-refractivity contribution in [1.29, 1.82) is 0 Å². The number of hydrogen-bond donors (Lipinski definition) is 1. The molecule has 1 rings (SSSR count). The Morgan fingerprint density at radius 2 is 2.32 bits per heavy atom. The molecule has 1 unspecified atom stereocenters. The Morgan fingerprint density at radius 3 is 2.79 bits per heavy atom. The molecule has 0 aliphatic rings. The highest BCUT2D eigenvalue weighted by molar-refractivity contribution is 5.88. The number of nitro groups is 1. The molecule has 0 bridgehead atoms. The van der Waals surface area contributed by atoms with Crippen molar-refractivity contribution in [3.05, 3.63) is 27.9 Å². The second-order valence-corrected chi connectivity index (χ2v) is 4.04. The van der Waals surface area contributed by atoms with Crippen molar-refractivity contribution in [3.8, 4) is 0 Å². The van der Waals surface area contributed by atoms with E-state index < -0.39 is 10.9 Å². The van der Waals surface area contributed by atoms with Gasteiger partial charge in [0.15, 0.2) is 0 Å². The highest BCUT2D eigenvalue weighted by atomic mass is 16.6. The third-order valence-electron chi connectivity index (χ3n) is 2.69. The molecule has 0 amide bonds. The van der Waals surface area contributed by atoms with Gasteiger partial charge in [0.2, 0.25) is 5.82 Å². The van der Waals surface area contributed by atoms with E-state index in [0.29, 0.717) is 6.61 Å². The van der Waals surface area contributed by atoms with Gasteiger partial charge in [-0.1, -0.05) is 0 Å². The van der Waals surface area contributed by atoms with E-state index in [9.17, 15) is 14.9 Å². The molecular formula is C11H15N3O5. The van der Waals surface area contributed by atoms with E-state index in [4.69, 9.17) is 9.84 Å². The zero-order valence-electron chi connectivity index (χ0n) is 10.9. The summed E-state index contributed by atoms with van der Waals surface area (Å²) in [4.78, 5) is 26.6. The van der Waals surface area contributed by atoms with Gasteiger partial charge in [0.25, 0.3) is 0 Å². The molecular weight excluding hydrogens is 254 g/mol. The van der Waals surface area contributed by atoms with Gasteiger partial charge in [0, 0.05) is 26.4 Å². The van der Waals surface area contributed by atoms with Crippen LogP contribution in [-0.2, 0) is 4.74 Å². The maximum Gasteiger partial charge on any atom is 0.337 e. The first kappa shape index (κ1) is 14.8. The fourth-order valence-corrected chi connectivity index (χ4v) is 1.53. The minimum atomic E-state index is -1.25. The van der Waals surface area contributed by atoms with Gasteiger partial charge >= 0.3 is 11.7 Å². The lowest BCUT2D eigenvalue weighted by Gasteiger charge is -2.24. The fraction of sp³-hybridized carbons (Fsp3) is 0.455. The average Bonchev–Trinajstić information content (AvgIpc) is 2.37. The minimum Gasteiger partial charge on any atom is -0.478 e. The van der Waals surface area contributed by atoms with Crippen LogP contribution in [-0.4, -0.2) is 47.8 Å². The third-order valence-corrected chi connectivity index (χ3v) is 2.69. The molecule has 1 aromatic rings. The number of ether oxygens (including phenoxy) is 1. The van der Waals surface area contributed by atoms with Crippen molar-refractivity contribution in [2.75, 3.05) is 25.7 Å². The lowest BCUT2D eigenvalue weighted by atomic mass is 10.2. The maximum atomic E-state index is 11.0. The van der Waals surface area contributed by atoms with Gasteiger partial charge in [-0.2, -0.15) is 0 Å².